The second kappa shape index (κ2) is 6.30. The van der Waals surface area contributed by atoms with Gasteiger partial charge in [-0.05, 0) is 36.4 Å². The lowest BCUT2D eigenvalue weighted by atomic mass is 9.86. The number of rotatable bonds is 6. The van der Waals surface area contributed by atoms with Gasteiger partial charge in [0.1, 0.15) is 16.5 Å². The average molecular weight is 272 g/mol. The molecule has 0 radical (unpaired) electrons. The molecule has 0 aliphatic carbocycles. The van der Waals surface area contributed by atoms with Crippen molar-refractivity contribution in [3.8, 4) is 11.5 Å². The van der Waals surface area contributed by atoms with Crippen LogP contribution in [0.1, 0.15) is 25.8 Å². The third-order valence-electron chi connectivity index (χ3n) is 3.19. The molecule has 102 valence electrons. The van der Waals surface area contributed by atoms with E-state index in [1.807, 2.05) is 12.1 Å². The molecule has 0 unspecified atom stereocenters. The van der Waals surface area contributed by atoms with E-state index in [-0.39, 0.29) is 5.41 Å². The third kappa shape index (κ3) is 3.53. The average Bonchev–Trinajstić information content (AvgIpc) is 2.36. The van der Waals surface area contributed by atoms with Crippen molar-refractivity contribution in [1.82, 2.24) is 0 Å². The Bertz CT molecular complexity index is 405. The van der Waals surface area contributed by atoms with E-state index < -0.39 is 0 Å². The highest BCUT2D eigenvalue weighted by molar-refractivity contribution is 6.33. The van der Waals surface area contributed by atoms with Gasteiger partial charge in [-0.2, -0.15) is 0 Å². The van der Waals surface area contributed by atoms with E-state index >= 15 is 0 Å². The normalized spacial score (nSPS) is 11.4. The van der Waals surface area contributed by atoms with Crippen molar-refractivity contribution in [1.29, 1.82) is 0 Å². The van der Waals surface area contributed by atoms with Crippen LogP contribution in [0.3, 0.4) is 0 Å². The topological polar surface area (TPSA) is 44.5 Å². The standard InChI is InChI=1S/C14H22ClNO2/c1-14(2,9-16)8-7-10-5-6-11(17-3)12(15)13(10)18-4/h5-6H,7-9,16H2,1-4H3. The summed E-state index contributed by atoms with van der Waals surface area (Å²) in [6.45, 7) is 4.98. The van der Waals surface area contributed by atoms with Gasteiger partial charge in [0.25, 0.3) is 0 Å². The SMILES string of the molecule is COc1ccc(CCC(C)(C)CN)c(OC)c1Cl. The van der Waals surface area contributed by atoms with E-state index in [9.17, 15) is 0 Å². The predicted octanol–water partition coefficient (Wildman–Crippen LogP) is 3.27. The number of aryl methyl sites for hydroxylation is 1. The number of hydrogen-bond acceptors (Lipinski definition) is 3. The van der Waals surface area contributed by atoms with Crippen molar-refractivity contribution in [2.75, 3.05) is 20.8 Å². The quantitative estimate of drug-likeness (QED) is 0.864. The Morgan fingerprint density at radius 3 is 2.39 bits per heavy atom. The van der Waals surface area contributed by atoms with Crippen LogP contribution in [0, 0.1) is 5.41 Å². The predicted molar refractivity (Wildman–Crippen MR) is 75.7 cm³/mol. The van der Waals surface area contributed by atoms with Gasteiger partial charge >= 0.3 is 0 Å². The van der Waals surface area contributed by atoms with Crippen molar-refractivity contribution < 1.29 is 9.47 Å². The summed E-state index contributed by atoms with van der Waals surface area (Å²) in [7, 11) is 3.22. The Morgan fingerprint density at radius 1 is 1.22 bits per heavy atom. The second-order valence-electron chi connectivity index (χ2n) is 5.14. The van der Waals surface area contributed by atoms with Crippen LogP contribution >= 0.6 is 11.6 Å². The molecular weight excluding hydrogens is 250 g/mol. The molecule has 0 aromatic heterocycles. The lowest BCUT2D eigenvalue weighted by Gasteiger charge is -2.23. The van der Waals surface area contributed by atoms with E-state index in [0.717, 1.165) is 18.4 Å². The zero-order chi connectivity index (χ0) is 13.8. The molecular formula is C14H22ClNO2. The van der Waals surface area contributed by atoms with Crippen molar-refractivity contribution in [3.05, 3.63) is 22.7 Å². The number of nitrogens with two attached hydrogens (primary N) is 1. The van der Waals surface area contributed by atoms with Gasteiger partial charge in [0.05, 0.1) is 14.2 Å². The highest BCUT2D eigenvalue weighted by Crippen LogP contribution is 2.38. The van der Waals surface area contributed by atoms with Gasteiger partial charge in [-0.15, -0.1) is 0 Å². The first-order valence-electron chi connectivity index (χ1n) is 6.04. The summed E-state index contributed by atoms with van der Waals surface area (Å²) < 4.78 is 10.6. The van der Waals surface area contributed by atoms with E-state index in [0.29, 0.717) is 23.1 Å². The lowest BCUT2D eigenvalue weighted by Crippen LogP contribution is -2.24. The van der Waals surface area contributed by atoms with Crippen LogP contribution in [0.15, 0.2) is 12.1 Å². The molecule has 1 rings (SSSR count). The number of ether oxygens (including phenoxy) is 2. The minimum absolute atomic E-state index is 0.122. The second-order valence-corrected chi connectivity index (χ2v) is 5.52. The van der Waals surface area contributed by atoms with Crippen LogP contribution in [0.4, 0.5) is 0 Å². The van der Waals surface area contributed by atoms with Crippen LogP contribution in [0.2, 0.25) is 5.02 Å². The molecule has 0 atom stereocenters. The van der Waals surface area contributed by atoms with E-state index in [2.05, 4.69) is 13.8 Å². The maximum Gasteiger partial charge on any atom is 0.144 e. The summed E-state index contributed by atoms with van der Waals surface area (Å²) in [5.41, 5.74) is 6.95. The van der Waals surface area contributed by atoms with Gasteiger partial charge in [-0.1, -0.05) is 31.5 Å². The highest BCUT2D eigenvalue weighted by Gasteiger charge is 2.18. The zero-order valence-electron chi connectivity index (χ0n) is 11.5. The molecule has 4 heteroatoms. The monoisotopic (exact) mass is 271 g/mol. The molecule has 0 heterocycles. The summed E-state index contributed by atoms with van der Waals surface area (Å²) >= 11 is 6.22. The summed E-state index contributed by atoms with van der Waals surface area (Å²) in [5, 5.41) is 0.531. The number of hydrogen-bond donors (Lipinski definition) is 1. The minimum Gasteiger partial charge on any atom is -0.495 e. The molecule has 1 aromatic rings. The van der Waals surface area contributed by atoms with Gasteiger partial charge in [-0.25, -0.2) is 0 Å². The summed E-state index contributed by atoms with van der Waals surface area (Å²) in [5.74, 6) is 1.33. The Balaban J connectivity index is 2.93. The molecule has 3 nitrogen and oxygen atoms in total. The fourth-order valence-corrected chi connectivity index (χ4v) is 2.07. The Morgan fingerprint density at radius 2 is 1.89 bits per heavy atom. The molecule has 0 bridgehead atoms. The van der Waals surface area contributed by atoms with E-state index in [1.54, 1.807) is 14.2 Å². The van der Waals surface area contributed by atoms with Crippen molar-refractivity contribution in [2.24, 2.45) is 11.1 Å². The first-order chi connectivity index (χ1) is 8.45. The lowest BCUT2D eigenvalue weighted by molar-refractivity contribution is 0.342. The Hall–Kier alpha value is -0.930. The summed E-state index contributed by atoms with van der Waals surface area (Å²) in [6.07, 6.45) is 1.87. The van der Waals surface area contributed by atoms with Gasteiger partial charge < -0.3 is 15.2 Å². The van der Waals surface area contributed by atoms with E-state index in [4.69, 9.17) is 26.8 Å². The fraction of sp³-hybridized carbons (Fsp3) is 0.571. The molecule has 0 amide bonds. The highest BCUT2D eigenvalue weighted by atomic mass is 35.5. The summed E-state index contributed by atoms with van der Waals surface area (Å²) in [6, 6.07) is 3.87. The van der Waals surface area contributed by atoms with Gasteiger partial charge in [-0.3, -0.25) is 0 Å². The molecule has 18 heavy (non-hydrogen) atoms. The molecule has 0 spiro atoms. The Labute approximate surface area is 114 Å². The largest absolute Gasteiger partial charge is 0.495 e. The van der Waals surface area contributed by atoms with E-state index in [1.165, 1.54) is 0 Å². The van der Waals surface area contributed by atoms with Crippen molar-refractivity contribution in [2.45, 2.75) is 26.7 Å². The molecule has 0 aliphatic rings. The molecule has 2 N–H and O–H groups in total. The first kappa shape index (κ1) is 15.1. The maximum atomic E-state index is 6.22. The molecule has 0 saturated heterocycles. The number of halogens is 1. The van der Waals surface area contributed by atoms with Crippen LogP contribution in [0.5, 0.6) is 11.5 Å². The van der Waals surface area contributed by atoms with Gasteiger partial charge in [0, 0.05) is 0 Å². The first-order valence-corrected chi connectivity index (χ1v) is 6.42. The van der Waals surface area contributed by atoms with Gasteiger partial charge in [0.15, 0.2) is 0 Å². The fourth-order valence-electron chi connectivity index (χ4n) is 1.73. The molecule has 0 saturated carbocycles. The van der Waals surface area contributed by atoms with Crippen molar-refractivity contribution in [3.63, 3.8) is 0 Å². The Kier molecular flexibility index (Phi) is 5.29. The van der Waals surface area contributed by atoms with Crippen molar-refractivity contribution >= 4 is 11.6 Å². The number of methoxy groups -OCH3 is 2. The molecule has 0 fully saturated rings. The number of benzene rings is 1. The van der Waals surface area contributed by atoms with Crippen LogP contribution in [-0.2, 0) is 6.42 Å². The minimum atomic E-state index is 0.122. The summed E-state index contributed by atoms with van der Waals surface area (Å²) in [4.78, 5) is 0. The van der Waals surface area contributed by atoms with Gasteiger partial charge in [0.2, 0.25) is 0 Å². The van der Waals surface area contributed by atoms with Crippen LogP contribution in [-0.4, -0.2) is 20.8 Å². The third-order valence-corrected chi connectivity index (χ3v) is 3.55. The smallest absolute Gasteiger partial charge is 0.144 e. The van der Waals surface area contributed by atoms with Crippen LogP contribution in [0.25, 0.3) is 0 Å². The molecule has 1 aromatic carbocycles. The van der Waals surface area contributed by atoms with Crippen LogP contribution < -0.4 is 15.2 Å². The maximum absolute atomic E-state index is 6.22. The molecule has 0 aliphatic heterocycles. The zero-order valence-corrected chi connectivity index (χ0v) is 12.3.